The maximum absolute atomic E-state index is 12.4. The van der Waals surface area contributed by atoms with Gasteiger partial charge in [-0.05, 0) is 6.07 Å². The molecule has 0 radical (unpaired) electrons. The van der Waals surface area contributed by atoms with Crippen LogP contribution in [-0.4, -0.2) is 22.5 Å². The van der Waals surface area contributed by atoms with Crippen molar-refractivity contribution in [3.8, 4) is 5.88 Å². The minimum absolute atomic E-state index is 0.0678. The highest BCUT2D eigenvalue weighted by Gasteiger charge is 2.27. The third-order valence-corrected chi connectivity index (χ3v) is 6.60. The molecule has 0 unspecified atom stereocenters. The molecule has 2 heterocycles. The Morgan fingerprint density at radius 2 is 2.00 bits per heavy atom. The van der Waals surface area contributed by atoms with E-state index in [-0.39, 0.29) is 9.23 Å². The normalized spacial score (nSPS) is 12.1. The van der Waals surface area contributed by atoms with Gasteiger partial charge in [0.1, 0.15) is 0 Å². The monoisotopic (exact) mass is 330 g/mol. The van der Waals surface area contributed by atoms with Gasteiger partial charge in [-0.1, -0.05) is 29.8 Å². The lowest BCUT2D eigenvalue weighted by Gasteiger charge is -2.01. The fourth-order valence-corrected chi connectivity index (χ4v) is 5.20. The van der Waals surface area contributed by atoms with Gasteiger partial charge < -0.3 is 5.11 Å². The first-order chi connectivity index (χ1) is 9.41. The fraction of sp³-hybridized carbons (Fsp3) is 0. The molecule has 1 aromatic carbocycles. The number of benzene rings is 1. The molecule has 2 N–H and O–H groups in total. The van der Waals surface area contributed by atoms with Crippen molar-refractivity contribution in [3.63, 3.8) is 0 Å². The van der Waals surface area contributed by atoms with E-state index in [0.717, 1.165) is 17.5 Å². The van der Waals surface area contributed by atoms with E-state index in [2.05, 4.69) is 0 Å². The number of nitrogens with one attached hydrogen (secondary N) is 1. The second-order valence-electron chi connectivity index (χ2n) is 3.95. The van der Waals surface area contributed by atoms with Gasteiger partial charge in [0.25, 0.3) is 10.0 Å². The zero-order chi connectivity index (χ0) is 14.5. The van der Waals surface area contributed by atoms with Gasteiger partial charge in [0.2, 0.25) is 5.88 Å². The van der Waals surface area contributed by atoms with E-state index < -0.39 is 21.6 Å². The number of aromatic amines is 1. The molecule has 6 nitrogen and oxygen atoms in total. The Labute approximate surface area is 121 Å². The van der Waals surface area contributed by atoms with E-state index in [4.69, 9.17) is 11.6 Å². The van der Waals surface area contributed by atoms with Crippen LogP contribution in [0.1, 0.15) is 0 Å². The van der Waals surface area contributed by atoms with E-state index >= 15 is 0 Å². The fourth-order valence-electron chi connectivity index (χ4n) is 1.79. The van der Waals surface area contributed by atoms with Gasteiger partial charge in [-0.3, -0.25) is 4.98 Å². The molecule has 2 aromatic heterocycles. The lowest BCUT2D eigenvalue weighted by atomic mass is 10.3. The minimum atomic E-state index is -4.14. The van der Waals surface area contributed by atoms with Crippen LogP contribution in [0.4, 0.5) is 0 Å². The Morgan fingerprint density at radius 1 is 1.30 bits per heavy atom. The number of aromatic nitrogens is 2. The number of nitrogens with zero attached hydrogens (tertiary/aromatic N) is 1. The first-order valence-electron chi connectivity index (χ1n) is 5.34. The molecule has 0 saturated heterocycles. The van der Waals surface area contributed by atoms with E-state index in [1.54, 1.807) is 24.3 Å². The number of aromatic hydroxyl groups is 1. The predicted octanol–water partition coefficient (Wildman–Crippen LogP) is 1.99. The highest BCUT2D eigenvalue weighted by atomic mass is 35.5. The molecule has 0 fully saturated rings. The van der Waals surface area contributed by atoms with E-state index in [1.807, 2.05) is 4.98 Å². The molecule has 0 saturated carbocycles. The van der Waals surface area contributed by atoms with Gasteiger partial charge in [0, 0.05) is 10.1 Å². The van der Waals surface area contributed by atoms with Crippen LogP contribution in [0.5, 0.6) is 5.88 Å². The zero-order valence-electron chi connectivity index (χ0n) is 9.70. The Kier molecular flexibility index (Phi) is 2.89. The number of H-pyrrole nitrogens is 1. The maximum atomic E-state index is 12.4. The molecule has 0 amide bonds. The van der Waals surface area contributed by atoms with Crippen molar-refractivity contribution in [1.29, 1.82) is 0 Å². The Bertz CT molecular complexity index is 968. The molecular weight excluding hydrogens is 324 g/mol. The van der Waals surface area contributed by atoms with Crippen LogP contribution < -0.4 is 5.69 Å². The largest absolute Gasteiger partial charge is 0.493 e. The molecule has 0 aliphatic heterocycles. The van der Waals surface area contributed by atoms with Crippen molar-refractivity contribution in [2.75, 3.05) is 0 Å². The Hall–Kier alpha value is -1.77. The van der Waals surface area contributed by atoms with Crippen LogP contribution in [-0.2, 0) is 10.0 Å². The molecular formula is C11H7ClN2O4S2. The Morgan fingerprint density at radius 3 is 2.60 bits per heavy atom. The van der Waals surface area contributed by atoms with Gasteiger partial charge in [-0.25, -0.2) is 4.79 Å². The first-order valence-corrected chi connectivity index (χ1v) is 7.98. The van der Waals surface area contributed by atoms with Gasteiger partial charge in [0.15, 0.2) is 4.21 Å². The molecule has 3 aromatic rings. The standard InChI is InChI=1S/C11H7ClN2O4S2/c12-9-6-3-1-2-4-7(6)19-10(9)20(17,18)14-5-8(15)13-11(14)16/h1-5,15H,(H,13,16). The summed E-state index contributed by atoms with van der Waals surface area (Å²) in [6.45, 7) is 0. The van der Waals surface area contributed by atoms with Gasteiger partial charge >= 0.3 is 5.69 Å². The number of thiophene rings is 1. The molecule has 104 valence electrons. The maximum Gasteiger partial charge on any atom is 0.342 e. The van der Waals surface area contributed by atoms with Crippen LogP contribution in [0.2, 0.25) is 5.02 Å². The average molecular weight is 331 g/mol. The SMILES string of the molecule is O=c1[nH]c(O)cn1S(=O)(=O)c1sc2ccccc2c1Cl. The molecule has 0 spiro atoms. The van der Waals surface area contributed by atoms with E-state index in [1.165, 1.54) is 0 Å². The third-order valence-electron chi connectivity index (χ3n) is 2.67. The summed E-state index contributed by atoms with van der Waals surface area (Å²) in [4.78, 5) is 13.5. The van der Waals surface area contributed by atoms with Crippen molar-refractivity contribution in [2.24, 2.45) is 0 Å². The molecule has 20 heavy (non-hydrogen) atoms. The summed E-state index contributed by atoms with van der Waals surface area (Å²) in [5.74, 6) is -0.532. The van der Waals surface area contributed by atoms with Crippen molar-refractivity contribution in [3.05, 3.63) is 46.0 Å². The summed E-state index contributed by atoms with van der Waals surface area (Å²) in [5, 5.41) is 9.85. The van der Waals surface area contributed by atoms with Gasteiger partial charge in [-0.2, -0.15) is 12.4 Å². The smallest absolute Gasteiger partial charge is 0.342 e. The second kappa shape index (κ2) is 4.37. The second-order valence-corrected chi connectivity index (χ2v) is 7.39. The highest BCUT2D eigenvalue weighted by Crippen LogP contribution is 2.38. The van der Waals surface area contributed by atoms with Crippen LogP contribution in [0, 0.1) is 0 Å². The number of rotatable bonds is 2. The molecule has 3 rings (SSSR count). The number of hydrogen-bond acceptors (Lipinski definition) is 5. The lowest BCUT2D eigenvalue weighted by Crippen LogP contribution is -2.24. The minimum Gasteiger partial charge on any atom is -0.493 e. The number of fused-ring (bicyclic) bond motifs is 1. The summed E-state index contributed by atoms with van der Waals surface area (Å²) in [7, 11) is -4.14. The summed E-state index contributed by atoms with van der Waals surface area (Å²) < 4.78 is 25.8. The molecule has 9 heteroatoms. The van der Waals surface area contributed by atoms with Gasteiger partial charge in [-0.15, -0.1) is 11.3 Å². The lowest BCUT2D eigenvalue weighted by molar-refractivity contribution is 0.455. The molecule has 0 atom stereocenters. The topological polar surface area (TPSA) is 92.2 Å². The zero-order valence-corrected chi connectivity index (χ0v) is 12.1. The van der Waals surface area contributed by atoms with Crippen molar-refractivity contribution >= 4 is 43.0 Å². The summed E-state index contributed by atoms with van der Waals surface area (Å²) in [6, 6.07) is 6.94. The van der Waals surface area contributed by atoms with Crippen LogP contribution in [0.15, 0.2) is 39.5 Å². The molecule has 0 bridgehead atoms. The molecule has 0 aliphatic carbocycles. The summed E-state index contributed by atoms with van der Waals surface area (Å²) >= 11 is 7.06. The first kappa shape index (κ1) is 13.2. The van der Waals surface area contributed by atoms with Crippen LogP contribution in [0.25, 0.3) is 10.1 Å². The molecule has 0 aliphatic rings. The quantitative estimate of drug-likeness (QED) is 0.751. The summed E-state index contributed by atoms with van der Waals surface area (Å²) in [5.41, 5.74) is -0.948. The highest BCUT2D eigenvalue weighted by molar-refractivity contribution is 7.92. The van der Waals surface area contributed by atoms with Crippen molar-refractivity contribution in [1.82, 2.24) is 8.96 Å². The van der Waals surface area contributed by atoms with Crippen molar-refractivity contribution < 1.29 is 13.5 Å². The number of hydrogen-bond donors (Lipinski definition) is 2. The number of imidazole rings is 1. The van der Waals surface area contributed by atoms with E-state index in [9.17, 15) is 18.3 Å². The number of halogens is 1. The van der Waals surface area contributed by atoms with Crippen LogP contribution >= 0.6 is 22.9 Å². The van der Waals surface area contributed by atoms with Crippen LogP contribution in [0.3, 0.4) is 0 Å². The summed E-state index contributed by atoms with van der Waals surface area (Å²) in [6.07, 6.45) is 0.804. The predicted molar refractivity (Wildman–Crippen MR) is 76.1 cm³/mol. The van der Waals surface area contributed by atoms with Crippen molar-refractivity contribution in [2.45, 2.75) is 4.21 Å². The third kappa shape index (κ3) is 1.84. The van der Waals surface area contributed by atoms with E-state index in [0.29, 0.717) is 14.1 Å². The average Bonchev–Trinajstić information content (AvgIpc) is 2.91. The van der Waals surface area contributed by atoms with Gasteiger partial charge in [0.05, 0.1) is 11.2 Å². The Balaban J connectivity index is 2.32.